The quantitative estimate of drug-likeness (QED) is 0.0375. The van der Waals surface area contributed by atoms with Crippen molar-refractivity contribution in [1.29, 1.82) is 0 Å². The van der Waals surface area contributed by atoms with Gasteiger partial charge in [-0.2, -0.15) is 0 Å². The zero-order chi connectivity index (χ0) is 35.6. The minimum atomic E-state index is 0.148. The van der Waals surface area contributed by atoms with Crippen molar-refractivity contribution >= 4 is 21.6 Å². The lowest BCUT2D eigenvalue weighted by atomic mass is 10.1. The van der Waals surface area contributed by atoms with E-state index in [-0.39, 0.29) is 6.10 Å². The van der Waals surface area contributed by atoms with E-state index in [4.69, 9.17) is 15.2 Å². The summed E-state index contributed by atoms with van der Waals surface area (Å²) in [4.78, 5) is 0. The highest BCUT2D eigenvalue weighted by Gasteiger charge is 2.10. The molecule has 0 aromatic carbocycles. The van der Waals surface area contributed by atoms with E-state index in [9.17, 15) is 0 Å². The van der Waals surface area contributed by atoms with Crippen LogP contribution in [0.25, 0.3) is 0 Å². The lowest BCUT2D eigenvalue weighted by Crippen LogP contribution is -2.23. The van der Waals surface area contributed by atoms with Gasteiger partial charge in [-0.05, 0) is 77.0 Å². The maximum absolute atomic E-state index is 6.31. The van der Waals surface area contributed by atoms with E-state index in [0.717, 1.165) is 56.1 Å². The van der Waals surface area contributed by atoms with Crippen LogP contribution in [0.1, 0.15) is 168 Å². The molecule has 0 amide bonds. The van der Waals surface area contributed by atoms with Crippen molar-refractivity contribution in [1.82, 2.24) is 5.32 Å². The standard InChI is InChI=1S/C43H80N2O2S2/c1-4-6-8-10-12-14-16-18-20-22-24-26-28-30-32-34-36-46-39-43(41-49-48-40-42(44)38-45-3)47-37-35-33-31-29-27-25-23-21-19-17-15-13-11-9-7-5-2/h12-15,18-21,38,43,45H,4-11,16-17,22-37,39-41,44H2,1-3H3/b14-12-,15-13-,20-18-,21-19-,42-38-. The van der Waals surface area contributed by atoms with Crippen LogP contribution < -0.4 is 11.1 Å². The van der Waals surface area contributed by atoms with Crippen molar-refractivity contribution in [3.8, 4) is 0 Å². The molecule has 0 bridgehead atoms. The second-order valence-electron chi connectivity index (χ2n) is 13.3. The summed E-state index contributed by atoms with van der Waals surface area (Å²) in [5.74, 6) is 1.75. The molecule has 0 aromatic rings. The molecule has 286 valence electrons. The van der Waals surface area contributed by atoms with Gasteiger partial charge in [-0.1, -0.05) is 161 Å². The molecule has 0 radical (unpaired) electrons. The zero-order valence-corrected chi connectivity index (χ0v) is 34.1. The first-order chi connectivity index (χ1) is 24.2. The first kappa shape index (κ1) is 47.9. The molecule has 0 heterocycles. The topological polar surface area (TPSA) is 56.5 Å². The minimum absolute atomic E-state index is 0.148. The molecule has 0 fully saturated rings. The molecule has 1 unspecified atom stereocenters. The van der Waals surface area contributed by atoms with Crippen LogP contribution in [0.5, 0.6) is 0 Å². The highest BCUT2D eigenvalue weighted by atomic mass is 33.1. The molecule has 0 aromatic heterocycles. The van der Waals surface area contributed by atoms with Gasteiger partial charge in [0, 0.05) is 43.7 Å². The fraction of sp³-hybridized carbons (Fsp3) is 0.767. The first-order valence-corrected chi connectivity index (χ1v) is 22.9. The number of nitrogens with two attached hydrogens (primary N) is 1. The lowest BCUT2D eigenvalue weighted by Gasteiger charge is -2.18. The highest BCUT2D eigenvalue weighted by molar-refractivity contribution is 8.76. The molecular formula is C43H80N2O2S2. The van der Waals surface area contributed by atoms with Gasteiger partial charge in [0.05, 0.1) is 12.7 Å². The molecule has 0 aliphatic rings. The van der Waals surface area contributed by atoms with Crippen LogP contribution in [0, 0.1) is 0 Å². The number of ether oxygens (including phenoxy) is 2. The summed E-state index contributed by atoms with van der Waals surface area (Å²) in [6.45, 7) is 6.89. The van der Waals surface area contributed by atoms with Crippen LogP contribution in [0.15, 0.2) is 60.5 Å². The van der Waals surface area contributed by atoms with Crippen LogP contribution >= 0.6 is 21.6 Å². The number of hydrogen-bond acceptors (Lipinski definition) is 6. The van der Waals surface area contributed by atoms with E-state index in [1.165, 1.54) is 128 Å². The third kappa shape index (κ3) is 41.2. The van der Waals surface area contributed by atoms with Crippen LogP contribution in [0.2, 0.25) is 0 Å². The normalized spacial score (nSPS) is 13.2. The summed E-state index contributed by atoms with van der Waals surface area (Å²) in [6, 6.07) is 0. The Balaban J connectivity index is 3.93. The number of allylic oxidation sites excluding steroid dienone is 8. The Bertz CT molecular complexity index is 797. The minimum Gasteiger partial charge on any atom is -0.400 e. The maximum Gasteiger partial charge on any atom is 0.0906 e. The fourth-order valence-electron chi connectivity index (χ4n) is 5.35. The third-order valence-corrected chi connectivity index (χ3v) is 10.8. The van der Waals surface area contributed by atoms with Gasteiger partial charge in [-0.15, -0.1) is 0 Å². The molecule has 6 heteroatoms. The summed E-state index contributed by atoms with van der Waals surface area (Å²) in [5, 5.41) is 3.00. The second kappa shape index (κ2) is 43.1. The van der Waals surface area contributed by atoms with Crippen molar-refractivity contribution in [3.63, 3.8) is 0 Å². The van der Waals surface area contributed by atoms with Gasteiger partial charge in [-0.25, -0.2) is 0 Å². The largest absolute Gasteiger partial charge is 0.400 e. The van der Waals surface area contributed by atoms with Crippen molar-refractivity contribution < 1.29 is 9.47 Å². The lowest BCUT2D eigenvalue weighted by molar-refractivity contribution is -0.00609. The SMILES string of the molecule is CCCCC/C=C\C/C=C\CCCCCCCCOCC(CSSC/C(N)=C/NC)OCCCCCCCC/C=C\C/C=C\CCCCC. The Morgan fingerprint density at radius 2 is 1.02 bits per heavy atom. The fourth-order valence-corrected chi connectivity index (χ4v) is 7.50. The number of rotatable bonds is 39. The average Bonchev–Trinajstić information content (AvgIpc) is 3.10. The zero-order valence-electron chi connectivity index (χ0n) is 32.5. The molecule has 4 nitrogen and oxygen atoms in total. The van der Waals surface area contributed by atoms with Crippen LogP contribution in [0.3, 0.4) is 0 Å². The van der Waals surface area contributed by atoms with E-state index in [2.05, 4.69) is 67.8 Å². The van der Waals surface area contributed by atoms with Gasteiger partial charge >= 0.3 is 0 Å². The molecule has 0 saturated heterocycles. The molecule has 0 aliphatic carbocycles. The van der Waals surface area contributed by atoms with Gasteiger partial charge in [-0.3, -0.25) is 0 Å². The van der Waals surface area contributed by atoms with Gasteiger partial charge in [0.1, 0.15) is 0 Å². The molecule has 0 rings (SSSR count). The number of hydrogen-bond donors (Lipinski definition) is 2. The Kier molecular flexibility index (Phi) is 42.1. The van der Waals surface area contributed by atoms with Gasteiger partial charge in [0.2, 0.25) is 0 Å². The Morgan fingerprint density at radius 1 is 0.571 bits per heavy atom. The number of nitrogens with one attached hydrogen (secondary N) is 1. The predicted molar refractivity (Wildman–Crippen MR) is 226 cm³/mol. The van der Waals surface area contributed by atoms with Crippen LogP contribution in [-0.2, 0) is 9.47 Å². The molecule has 0 saturated carbocycles. The highest BCUT2D eigenvalue weighted by Crippen LogP contribution is 2.24. The van der Waals surface area contributed by atoms with E-state index >= 15 is 0 Å². The molecule has 1 atom stereocenters. The van der Waals surface area contributed by atoms with Gasteiger partial charge < -0.3 is 20.5 Å². The molecule has 0 spiro atoms. The molecule has 3 N–H and O–H groups in total. The maximum atomic E-state index is 6.31. The Morgan fingerprint density at radius 3 is 1.51 bits per heavy atom. The Labute approximate surface area is 313 Å². The van der Waals surface area contributed by atoms with Crippen LogP contribution in [-0.4, -0.2) is 44.5 Å². The van der Waals surface area contributed by atoms with Crippen molar-refractivity contribution in [2.24, 2.45) is 5.73 Å². The van der Waals surface area contributed by atoms with E-state index in [1.807, 2.05) is 24.0 Å². The molecule has 0 aliphatic heterocycles. The monoisotopic (exact) mass is 721 g/mol. The van der Waals surface area contributed by atoms with E-state index < -0.39 is 0 Å². The van der Waals surface area contributed by atoms with E-state index in [1.54, 1.807) is 10.8 Å². The summed E-state index contributed by atoms with van der Waals surface area (Å²) in [6.07, 6.45) is 51.2. The second-order valence-corrected chi connectivity index (χ2v) is 15.8. The molecular weight excluding hydrogens is 641 g/mol. The van der Waals surface area contributed by atoms with Crippen molar-refractivity contribution in [2.75, 3.05) is 38.4 Å². The first-order valence-electron chi connectivity index (χ1n) is 20.4. The number of unbranched alkanes of at least 4 members (excludes halogenated alkanes) is 18. The van der Waals surface area contributed by atoms with Gasteiger partial charge in [0.15, 0.2) is 0 Å². The summed E-state index contributed by atoms with van der Waals surface area (Å²) in [5.41, 5.74) is 6.88. The van der Waals surface area contributed by atoms with E-state index in [0.29, 0.717) is 6.61 Å². The smallest absolute Gasteiger partial charge is 0.0906 e. The summed E-state index contributed by atoms with van der Waals surface area (Å²) < 4.78 is 12.4. The third-order valence-electron chi connectivity index (χ3n) is 8.38. The average molecular weight is 721 g/mol. The van der Waals surface area contributed by atoms with Crippen molar-refractivity contribution in [2.45, 2.75) is 174 Å². The van der Waals surface area contributed by atoms with Gasteiger partial charge in [0.25, 0.3) is 0 Å². The predicted octanol–water partition coefficient (Wildman–Crippen LogP) is 13.4. The molecule has 49 heavy (non-hydrogen) atoms. The Hall–Kier alpha value is -1.08. The summed E-state index contributed by atoms with van der Waals surface area (Å²) >= 11 is 0. The summed E-state index contributed by atoms with van der Waals surface area (Å²) in [7, 11) is 5.52. The van der Waals surface area contributed by atoms with Crippen molar-refractivity contribution in [3.05, 3.63) is 60.5 Å². The van der Waals surface area contributed by atoms with Crippen LogP contribution in [0.4, 0.5) is 0 Å².